The molecule has 161 valence electrons. The van der Waals surface area contributed by atoms with E-state index in [1.165, 1.54) is 37.7 Å². The van der Waals surface area contributed by atoms with E-state index in [9.17, 15) is 22.0 Å². The molecule has 8 nitrogen and oxygen atoms in total. The SMILES string of the molecule is CNS(=O)(=O)NC1CC(C)N(C(=O)OCC(F)F)C1COC1CC[CH]([Pb])CC1. The number of alkyl halides is 2. The molecule has 28 heavy (non-hydrogen) atoms. The quantitative estimate of drug-likeness (QED) is 0.398. The first-order chi connectivity index (χ1) is 13.1. The van der Waals surface area contributed by atoms with E-state index in [4.69, 9.17) is 9.47 Å². The van der Waals surface area contributed by atoms with Crippen molar-refractivity contribution in [2.24, 2.45) is 0 Å². The second-order valence-electron chi connectivity index (χ2n) is 7.27. The summed E-state index contributed by atoms with van der Waals surface area (Å²) >= 11 is 1.17. The Morgan fingerprint density at radius 1 is 1.29 bits per heavy atom. The molecule has 3 atom stereocenters. The third-order valence-corrected chi connectivity index (χ3v) is 8.58. The number of hydrogen-bond donors (Lipinski definition) is 2. The molecule has 12 heteroatoms. The molecular weight excluding hydrogens is 591 g/mol. The molecule has 0 spiro atoms. The van der Waals surface area contributed by atoms with Crippen LogP contribution >= 0.6 is 0 Å². The first-order valence-electron chi connectivity index (χ1n) is 9.39. The molecule has 0 aromatic rings. The Bertz CT molecular complexity index is 619. The van der Waals surface area contributed by atoms with Gasteiger partial charge in [-0.3, -0.25) is 0 Å². The van der Waals surface area contributed by atoms with Crippen molar-refractivity contribution >= 4 is 42.1 Å². The molecule has 0 aromatic carbocycles. The summed E-state index contributed by atoms with van der Waals surface area (Å²) in [7, 11) is -2.45. The molecule has 2 aliphatic rings. The summed E-state index contributed by atoms with van der Waals surface area (Å²) in [5.41, 5.74) is 0. The zero-order chi connectivity index (χ0) is 20.9. The van der Waals surface area contributed by atoms with Crippen molar-refractivity contribution in [3.05, 3.63) is 0 Å². The first-order valence-corrected chi connectivity index (χ1v) is 13.1. The van der Waals surface area contributed by atoms with Crippen LogP contribution in [-0.2, 0) is 19.7 Å². The summed E-state index contributed by atoms with van der Waals surface area (Å²) in [6.07, 6.45) is 0.895. The van der Waals surface area contributed by atoms with Gasteiger partial charge in [-0.25, -0.2) is 8.78 Å². The fourth-order valence-corrected chi connectivity index (χ4v) is 5.79. The predicted octanol–water partition coefficient (Wildman–Crippen LogP) is 1.19. The molecule has 1 saturated carbocycles. The van der Waals surface area contributed by atoms with E-state index in [1.807, 2.05) is 0 Å². The number of hydrogen-bond acceptors (Lipinski definition) is 5. The van der Waals surface area contributed by atoms with E-state index in [0.717, 1.165) is 29.2 Å². The van der Waals surface area contributed by atoms with Crippen LogP contribution in [0.25, 0.3) is 0 Å². The zero-order valence-corrected chi connectivity index (χ0v) is 20.8. The van der Waals surface area contributed by atoms with Crippen LogP contribution in [0, 0.1) is 0 Å². The van der Waals surface area contributed by atoms with Gasteiger partial charge in [0.1, 0.15) is 0 Å². The molecule has 1 aliphatic carbocycles. The molecule has 1 heterocycles. The Balaban J connectivity index is 2.08. The number of rotatable bonds is 8. The maximum atomic E-state index is 12.4. The number of carbonyl (C=O) groups is 1. The van der Waals surface area contributed by atoms with Crippen molar-refractivity contribution in [3.8, 4) is 0 Å². The van der Waals surface area contributed by atoms with Crippen molar-refractivity contribution in [1.29, 1.82) is 0 Å². The average molecular weight is 620 g/mol. The van der Waals surface area contributed by atoms with Gasteiger partial charge in [-0.05, 0) is 0 Å². The summed E-state index contributed by atoms with van der Waals surface area (Å²) in [5, 5.41) is 0. The summed E-state index contributed by atoms with van der Waals surface area (Å²) in [4.78, 5) is 13.7. The third kappa shape index (κ3) is 6.99. The number of amides is 1. The van der Waals surface area contributed by atoms with Crippen LogP contribution in [0.3, 0.4) is 0 Å². The van der Waals surface area contributed by atoms with Gasteiger partial charge in [-0.15, -0.1) is 0 Å². The number of halogens is 2. The first kappa shape index (κ1) is 24.2. The van der Waals surface area contributed by atoms with Crippen LogP contribution in [0.4, 0.5) is 13.6 Å². The van der Waals surface area contributed by atoms with Gasteiger partial charge in [0.25, 0.3) is 0 Å². The van der Waals surface area contributed by atoms with Gasteiger partial charge in [0, 0.05) is 0 Å². The number of nitrogens with one attached hydrogen (secondary N) is 2. The second kappa shape index (κ2) is 10.8. The van der Waals surface area contributed by atoms with Crippen LogP contribution < -0.4 is 9.44 Å². The Morgan fingerprint density at radius 3 is 2.50 bits per heavy atom. The fraction of sp³-hybridized carbons (Fsp3) is 0.938. The van der Waals surface area contributed by atoms with E-state index in [-0.39, 0.29) is 18.8 Å². The van der Waals surface area contributed by atoms with Crippen molar-refractivity contribution in [2.75, 3.05) is 20.3 Å². The van der Waals surface area contributed by atoms with Crippen LogP contribution in [0.2, 0.25) is 3.48 Å². The van der Waals surface area contributed by atoms with Crippen LogP contribution in [0.5, 0.6) is 0 Å². The molecule has 2 rings (SSSR count). The van der Waals surface area contributed by atoms with Gasteiger partial charge in [0.05, 0.1) is 0 Å². The Hall–Kier alpha value is -0.118. The molecular formula is C16H28F2N3O5PbS. The van der Waals surface area contributed by atoms with Gasteiger partial charge in [0.15, 0.2) is 0 Å². The Labute approximate surface area is 180 Å². The van der Waals surface area contributed by atoms with E-state index >= 15 is 0 Å². The molecule has 1 saturated heterocycles. The van der Waals surface area contributed by atoms with Crippen LogP contribution in [0.15, 0.2) is 0 Å². The normalized spacial score (nSPS) is 31.4. The van der Waals surface area contributed by atoms with E-state index in [2.05, 4.69) is 9.44 Å². The summed E-state index contributed by atoms with van der Waals surface area (Å²) in [6.45, 7) is 0.867. The van der Waals surface area contributed by atoms with Crippen LogP contribution in [0.1, 0.15) is 39.0 Å². The number of carbonyl (C=O) groups excluding carboxylic acids is 1. The third-order valence-electron chi connectivity index (χ3n) is 5.19. The summed E-state index contributed by atoms with van der Waals surface area (Å²) in [6, 6.07) is -1.60. The van der Waals surface area contributed by atoms with Gasteiger partial charge in [0.2, 0.25) is 0 Å². The Kier molecular flexibility index (Phi) is 9.29. The van der Waals surface area contributed by atoms with Gasteiger partial charge >= 0.3 is 173 Å². The minimum absolute atomic E-state index is 0.0709. The monoisotopic (exact) mass is 620 g/mol. The fourth-order valence-electron chi connectivity index (χ4n) is 3.73. The van der Waals surface area contributed by atoms with Gasteiger partial charge in [-0.2, -0.15) is 0 Å². The van der Waals surface area contributed by atoms with E-state index in [1.54, 1.807) is 6.92 Å². The molecule has 0 aromatic heterocycles. The molecule has 0 bridgehead atoms. The summed E-state index contributed by atoms with van der Waals surface area (Å²) < 4.78 is 65.0. The summed E-state index contributed by atoms with van der Waals surface area (Å²) in [5.74, 6) is 0. The van der Waals surface area contributed by atoms with Gasteiger partial charge < -0.3 is 0 Å². The van der Waals surface area contributed by atoms with Crippen molar-refractivity contribution in [2.45, 2.75) is 73.2 Å². The van der Waals surface area contributed by atoms with E-state index in [0.29, 0.717) is 6.42 Å². The number of ether oxygens (including phenoxy) is 2. The Morgan fingerprint density at radius 2 is 1.93 bits per heavy atom. The standard InChI is InChI=1S/C16H28F2N3O5S.Pb/c1-11-8-13(20-27(23,24)19-2)14(9-25-12-6-4-3-5-7-12)21(11)16(22)26-10-15(17)18;/h3,11-15,19-20H,4-10H2,1-2H3;. The predicted molar refractivity (Wildman–Crippen MR) is 99.7 cm³/mol. The minimum atomic E-state index is -3.73. The van der Waals surface area contributed by atoms with Crippen molar-refractivity contribution < 1.29 is 31.5 Å². The van der Waals surface area contributed by atoms with E-state index < -0.39 is 41.4 Å². The molecule has 2 fully saturated rings. The zero-order valence-electron chi connectivity index (χ0n) is 16.1. The molecule has 1 amide bonds. The van der Waals surface area contributed by atoms with Crippen molar-refractivity contribution in [1.82, 2.24) is 14.3 Å². The second-order valence-corrected chi connectivity index (χ2v) is 12.1. The average Bonchev–Trinajstić information content (AvgIpc) is 2.93. The molecule has 3 unspecified atom stereocenters. The number of likely N-dealkylation sites (tertiary alicyclic amines) is 1. The molecule has 2 N–H and O–H groups in total. The molecule has 3 radical (unpaired) electrons. The topological polar surface area (TPSA) is 97.0 Å². The van der Waals surface area contributed by atoms with Crippen molar-refractivity contribution in [3.63, 3.8) is 0 Å². The molecule has 1 aliphatic heterocycles. The maximum absolute atomic E-state index is 12.4. The van der Waals surface area contributed by atoms with Gasteiger partial charge in [-0.1, -0.05) is 0 Å². The van der Waals surface area contributed by atoms with Crippen LogP contribution in [-0.4, -0.2) is 96.1 Å². The number of nitrogens with zero attached hydrogens (tertiary/aromatic N) is 1.